The van der Waals surface area contributed by atoms with E-state index in [-0.39, 0.29) is 12.5 Å². The van der Waals surface area contributed by atoms with E-state index in [2.05, 4.69) is 4.99 Å². The van der Waals surface area contributed by atoms with E-state index < -0.39 is 11.5 Å². The molecular weight excluding hydrogens is 476 g/mol. The second kappa shape index (κ2) is 9.99. The zero-order valence-corrected chi connectivity index (χ0v) is 20.9. The van der Waals surface area contributed by atoms with Crippen molar-refractivity contribution in [1.29, 1.82) is 0 Å². The van der Waals surface area contributed by atoms with Crippen molar-refractivity contribution in [1.82, 2.24) is 4.57 Å². The van der Waals surface area contributed by atoms with Crippen molar-refractivity contribution in [3.63, 3.8) is 0 Å². The summed E-state index contributed by atoms with van der Waals surface area (Å²) < 4.78 is 11.8. The van der Waals surface area contributed by atoms with Crippen LogP contribution >= 0.6 is 11.3 Å². The van der Waals surface area contributed by atoms with Gasteiger partial charge in [-0.1, -0.05) is 18.2 Å². The molecule has 2 aromatic heterocycles. The van der Waals surface area contributed by atoms with Gasteiger partial charge in [-0.2, -0.15) is 0 Å². The number of nitrogens with zero attached hydrogens (tertiary/aromatic N) is 2. The Morgan fingerprint density at radius 2 is 1.83 bits per heavy atom. The minimum absolute atomic E-state index is 0.223. The molecule has 0 saturated carbocycles. The number of aromatic hydroxyl groups is 1. The minimum Gasteiger partial charge on any atom is -0.497 e. The number of pyridine rings is 1. The summed E-state index contributed by atoms with van der Waals surface area (Å²) in [6.07, 6.45) is 5.12. The lowest BCUT2D eigenvalue weighted by Crippen LogP contribution is -2.22. The Bertz CT molecular complexity index is 1530. The van der Waals surface area contributed by atoms with Gasteiger partial charge in [-0.15, -0.1) is 11.3 Å². The van der Waals surface area contributed by atoms with Gasteiger partial charge in [0.1, 0.15) is 10.8 Å². The van der Waals surface area contributed by atoms with Crippen LogP contribution in [-0.2, 0) is 17.6 Å². The number of hydrogen-bond acceptors (Lipinski definition) is 7. The first-order valence-corrected chi connectivity index (χ1v) is 12.7. The van der Waals surface area contributed by atoms with Crippen LogP contribution in [0.25, 0.3) is 15.8 Å². The topological polar surface area (TPSA) is 90.1 Å². The number of benzene rings is 2. The van der Waals surface area contributed by atoms with Gasteiger partial charge >= 0.3 is 5.97 Å². The summed E-state index contributed by atoms with van der Waals surface area (Å²) in [4.78, 5) is 32.3. The highest BCUT2D eigenvalue weighted by molar-refractivity contribution is 7.15. The van der Waals surface area contributed by atoms with Crippen LogP contribution in [-0.4, -0.2) is 35.6 Å². The molecule has 0 radical (unpaired) electrons. The number of ether oxygens (including phenoxy) is 2. The molecule has 1 aliphatic carbocycles. The van der Waals surface area contributed by atoms with Crippen LogP contribution < -0.4 is 10.3 Å². The van der Waals surface area contributed by atoms with Gasteiger partial charge in [-0.05, 0) is 68.5 Å². The summed E-state index contributed by atoms with van der Waals surface area (Å²) in [5.74, 6) is -0.0242. The smallest absolute Gasteiger partial charge is 0.341 e. The van der Waals surface area contributed by atoms with Crippen LogP contribution in [0.2, 0.25) is 0 Å². The van der Waals surface area contributed by atoms with Crippen LogP contribution in [0.3, 0.4) is 0 Å². The number of carbonyl (C=O) groups is 1. The Labute approximate surface area is 212 Å². The number of esters is 1. The summed E-state index contributed by atoms with van der Waals surface area (Å²) in [7, 11) is 1.60. The van der Waals surface area contributed by atoms with Gasteiger partial charge in [-0.3, -0.25) is 9.79 Å². The monoisotopic (exact) mass is 502 g/mol. The summed E-state index contributed by atoms with van der Waals surface area (Å²) in [5.41, 5.74) is 1.96. The predicted molar refractivity (Wildman–Crippen MR) is 142 cm³/mol. The fraction of sp³-hybridized carbons (Fsp3) is 0.250. The van der Waals surface area contributed by atoms with E-state index >= 15 is 0 Å². The maximum atomic E-state index is 13.7. The molecular formula is C28H26N2O5S. The first-order chi connectivity index (χ1) is 17.5. The Hall–Kier alpha value is -3.91. The number of aromatic nitrogens is 1. The van der Waals surface area contributed by atoms with E-state index in [0.717, 1.165) is 36.1 Å². The number of thiophene rings is 1. The number of carbonyl (C=O) groups excluding carboxylic acids is 1. The molecule has 2 heterocycles. The number of rotatable bonds is 6. The molecule has 1 N–H and O–H groups in total. The molecule has 1 aliphatic rings. The largest absolute Gasteiger partial charge is 0.497 e. The van der Waals surface area contributed by atoms with E-state index in [9.17, 15) is 14.7 Å². The summed E-state index contributed by atoms with van der Waals surface area (Å²) in [6, 6.07) is 14.3. The second-order valence-electron chi connectivity index (χ2n) is 8.49. The molecule has 2 aromatic carbocycles. The number of aliphatic imine (C=N–C) groups is 1. The molecule has 0 bridgehead atoms. The highest BCUT2D eigenvalue weighted by atomic mass is 32.1. The Kier molecular flexibility index (Phi) is 6.61. The molecule has 0 amide bonds. The quantitative estimate of drug-likeness (QED) is 0.275. The van der Waals surface area contributed by atoms with Crippen LogP contribution in [0.1, 0.15) is 46.1 Å². The van der Waals surface area contributed by atoms with Gasteiger partial charge in [0, 0.05) is 21.9 Å². The minimum atomic E-state index is -0.472. The molecule has 7 nitrogen and oxygen atoms in total. The molecule has 4 aromatic rings. The first-order valence-electron chi connectivity index (χ1n) is 11.9. The number of aryl methyl sites for hydroxylation is 1. The lowest BCUT2D eigenvalue weighted by molar-refractivity contribution is 0.0525. The second-order valence-corrected chi connectivity index (χ2v) is 9.57. The van der Waals surface area contributed by atoms with Crippen molar-refractivity contribution in [2.75, 3.05) is 13.7 Å². The molecule has 0 unspecified atom stereocenters. The fourth-order valence-electron chi connectivity index (χ4n) is 4.61. The van der Waals surface area contributed by atoms with E-state index in [4.69, 9.17) is 9.47 Å². The number of hydrogen-bond donors (Lipinski definition) is 1. The van der Waals surface area contributed by atoms with Crippen LogP contribution in [0.5, 0.6) is 11.6 Å². The first kappa shape index (κ1) is 23.8. The maximum absolute atomic E-state index is 13.7. The average Bonchev–Trinajstić information content (AvgIpc) is 3.28. The highest BCUT2D eigenvalue weighted by Crippen LogP contribution is 2.39. The van der Waals surface area contributed by atoms with Gasteiger partial charge in [0.2, 0.25) is 5.88 Å². The molecule has 36 heavy (non-hydrogen) atoms. The summed E-state index contributed by atoms with van der Waals surface area (Å²) in [5, 5.41) is 12.9. The maximum Gasteiger partial charge on any atom is 0.341 e. The molecule has 0 aliphatic heterocycles. The SMILES string of the molecule is CCOC(=O)c1c(-n2c(O)c(C=Nc3ccc(OC)cc3)c3ccccc3c2=O)sc2c1CCCC2. The van der Waals surface area contributed by atoms with Crippen molar-refractivity contribution < 1.29 is 19.4 Å². The van der Waals surface area contributed by atoms with Crippen molar-refractivity contribution >= 4 is 40.0 Å². The predicted octanol–water partition coefficient (Wildman–Crippen LogP) is 5.57. The van der Waals surface area contributed by atoms with Crippen LogP contribution in [0.4, 0.5) is 5.69 Å². The summed E-state index contributed by atoms with van der Waals surface area (Å²) >= 11 is 1.38. The zero-order valence-electron chi connectivity index (χ0n) is 20.1. The number of fused-ring (bicyclic) bond motifs is 2. The van der Waals surface area contributed by atoms with Gasteiger partial charge in [-0.25, -0.2) is 9.36 Å². The van der Waals surface area contributed by atoms with Gasteiger partial charge in [0.15, 0.2) is 0 Å². The van der Waals surface area contributed by atoms with Gasteiger partial charge in [0.05, 0.1) is 30.5 Å². The van der Waals surface area contributed by atoms with Crippen molar-refractivity contribution in [3.8, 4) is 16.6 Å². The third-order valence-electron chi connectivity index (χ3n) is 6.35. The molecule has 0 saturated heterocycles. The lowest BCUT2D eigenvalue weighted by Gasteiger charge is -2.15. The highest BCUT2D eigenvalue weighted by Gasteiger charge is 2.30. The Balaban J connectivity index is 1.74. The van der Waals surface area contributed by atoms with E-state index in [1.165, 1.54) is 15.9 Å². The standard InChI is InChI=1S/C28H26N2O5S/c1-3-35-28(33)24-21-10-6-7-11-23(21)36-27(24)30-25(31)20-9-5-4-8-19(20)22(26(30)32)16-29-17-12-14-18(34-2)15-13-17/h4-5,8-9,12-16,32H,3,6-7,10-11H2,1-2H3. The van der Waals surface area contributed by atoms with Crippen molar-refractivity contribution in [3.05, 3.63) is 80.5 Å². The van der Waals surface area contributed by atoms with E-state index in [0.29, 0.717) is 38.3 Å². The normalized spacial score (nSPS) is 13.2. The molecule has 0 fully saturated rings. The molecule has 5 rings (SSSR count). The molecule has 0 spiro atoms. The van der Waals surface area contributed by atoms with E-state index in [1.807, 2.05) is 6.07 Å². The molecule has 184 valence electrons. The fourth-order valence-corrected chi connectivity index (χ4v) is 5.98. The zero-order chi connectivity index (χ0) is 25.2. The number of methoxy groups -OCH3 is 1. The molecule has 0 atom stereocenters. The summed E-state index contributed by atoms with van der Waals surface area (Å²) in [6.45, 7) is 1.98. The third-order valence-corrected chi connectivity index (χ3v) is 7.63. The van der Waals surface area contributed by atoms with Crippen molar-refractivity contribution in [2.45, 2.75) is 32.6 Å². The average molecular weight is 503 g/mol. The molecule has 8 heteroatoms. The van der Waals surface area contributed by atoms with Gasteiger partial charge < -0.3 is 14.6 Å². The Morgan fingerprint density at radius 1 is 1.11 bits per heavy atom. The van der Waals surface area contributed by atoms with Crippen molar-refractivity contribution in [2.24, 2.45) is 4.99 Å². The lowest BCUT2D eigenvalue weighted by atomic mass is 9.95. The Morgan fingerprint density at radius 3 is 2.56 bits per heavy atom. The third kappa shape index (κ3) is 4.18. The van der Waals surface area contributed by atoms with Crippen LogP contribution in [0.15, 0.2) is 58.3 Å². The van der Waals surface area contributed by atoms with E-state index in [1.54, 1.807) is 62.7 Å². The van der Waals surface area contributed by atoms with Crippen LogP contribution in [0, 0.1) is 0 Å². The van der Waals surface area contributed by atoms with Gasteiger partial charge in [0.25, 0.3) is 5.56 Å².